The third-order valence-corrected chi connectivity index (χ3v) is 5.38. The maximum Gasteiger partial charge on any atom is 0.407 e. The van der Waals surface area contributed by atoms with Crippen LogP contribution in [0.5, 0.6) is 11.5 Å². The molecule has 4 rings (SSSR count). The summed E-state index contributed by atoms with van der Waals surface area (Å²) in [6.45, 7) is -0.345. The monoisotopic (exact) mass is 428 g/mol. The van der Waals surface area contributed by atoms with E-state index >= 15 is 0 Å². The van der Waals surface area contributed by atoms with E-state index in [0.29, 0.717) is 18.5 Å². The van der Waals surface area contributed by atoms with E-state index in [0.717, 1.165) is 31.4 Å². The van der Waals surface area contributed by atoms with Crippen molar-refractivity contribution in [1.29, 1.82) is 0 Å². The largest absolute Gasteiger partial charge is 0.507 e. The van der Waals surface area contributed by atoms with Gasteiger partial charge in [0.25, 0.3) is 5.91 Å². The molecule has 0 radical (unpaired) electrons. The number of carbonyl (C=O) groups excluding carboxylic acids is 3. The molecule has 2 aliphatic carbocycles. The van der Waals surface area contributed by atoms with Crippen molar-refractivity contribution in [3.8, 4) is 11.5 Å². The Balaban J connectivity index is 1.25. The van der Waals surface area contributed by atoms with Gasteiger partial charge in [0.1, 0.15) is 17.6 Å². The number of aldehydes is 1. The van der Waals surface area contributed by atoms with E-state index in [4.69, 9.17) is 9.47 Å². The van der Waals surface area contributed by atoms with Crippen LogP contribution in [0.15, 0.2) is 24.3 Å². The molecule has 31 heavy (non-hydrogen) atoms. The number of hydrogen-bond acceptors (Lipinski definition) is 7. The Hall–Kier alpha value is -3.56. The summed E-state index contributed by atoms with van der Waals surface area (Å²) < 4.78 is 10.8. The SMILES string of the molecule is O=Cc1c(O)cccc1OCC(=O)Nc1cc(C2CC[C@@H](OC(=O)NC3CC3)C2)[nH]n1. The van der Waals surface area contributed by atoms with Gasteiger partial charge in [-0.1, -0.05) is 6.07 Å². The number of benzene rings is 1. The molecule has 2 atom stereocenters. The van der Waals surface area contributed by atoms with Crippen LogP contribution < -0.4 is 15.4 Å². The summed E-state index contributed by atoms with van der Waals surface area (Å²) in [5.74, 6) is -0.0338. The number of ether oxygens (including phenoxy) is 2. The lowest BCUT2D eigenvalue weighted by molar-refractivity contribution is -0.118. The topological polar surface area (TPSA) is 143 Å². The first-order valence-electron chi connectivity index (χ1n) is 10.2. The number of nitrogens with one attached hydrogen (secondary N) is 3. The van der Waals surface area contributed by atoms with Gasteiger partial charge in [-0.2, -0.15) is 5.10 Å². The van der Waals surface area contributed by atoms with Crippen molar-refractivity contribution in [2.45, 2.75) is 50.2 Å². The highest BCUT2D eigenvalue weighted by Crippen LogP contribution is 2.36. The Morgan fingerprint density at radius 1 is 1.26 bits per heavy atom. The van der Waals surface area contributed by atoms with Crippen molar-refractivity contribution in [2.75, 3.05) is 11.9 Å². The first-order valence-corrected chi connectivity index (χ1v) is 10.2. The third kappa shape index (κ3) is 5.33. The minimum Gasteiger partial charge on any atom is -0.507 e. The van der Waals surface area contributed by atoms with E-state index < -0.39 is 5.91 Å². The summed E-state index contributed by atoms with van der Waals surface area (Å²) in [6.07, 6.45) is 4.35. The molecule has 1 aromatic heterocycles. The second kappa shape index (κ2) is 9.07. The van der Waals surface area contributed by atoms with Gasteiger partial charge in [0, 0.05) is 23.7 Å². The zero-order valence-corrected chi connectivity index (χ0v) is 16.8. The lowest BCUT2D eigenvalue weighted by atomic mass is 10.0. The smallest absolute Gasteiger partial charge is 0.407 e. The molecule has 2 aromatic rings. The highest BCUT2D eigenvalue weighted by atomic mass is 16.6. The average molecular weight is 428 g/mol. The molecule has 0 saturated heterocycles. The number of phenolic OH excluding ortho intramolecular Hbond substituents is 1. The predicted octanol–water partition coefficient (Wildman–Crippen LogP) is 2.47. The van der Waals surface area contributed by atoms with E-state index in [9.17, 15) is 19.5 Å². The second-order valence-corrected chi connectivity index (χ2v) is 7.81. The van der Waals surface area contributed by atoms with Gasteiger partial charge < -0.3 is 25.2 Å². The molecule has 10 heteroatoms. The molecule has 1 heterocycles. The number of alkyl carbamates (subject to hydrolysis) is 1. The molecule has 0 spiro atoms. The molecule has 1 unspecified atom stereocenters. The van der Waals surface area contributed by atoms with Crippen LogP contribution in [-0.4, -0.2) is 52.3 Å². The average Bonchev–Trinajstić information content (AvgIpc) is 3.22. The van der Waals surface area contributed by atoms with Crippen LogP contribution in [0.4, 0.5) is 10.6 Å². The van der Waals surface area contributed by atoms with Gasteiger partial charge in [0.2, 0.25) is 0 Å². The van der Waals surface area contributed by atoms with Gasteiger partial charge in [-0.15, -0.1) is 0 Å². The first kappa shape index (κ1) is 20.7. The van der Waals surface area contributed by atoms with Gasteiger partial charge in [-0.05, 0) is 44.2 Å². The zero-order valence-electron chi connectivity index (χ0n) is 16.8. The fourth-order valence-corrected chi connectivity index (χ4v) is 3.62. The van der Waals surface area contributed by atoms with Crippen LogP contribution in [-0.2, 0) is 9.53 Å². The van der Waals surface area contributed by atoms with E-state index in [1.54, 1.807) is 6.07 Å². The molecule has 0 bridgehead atoms. The van der Waals surface area contributed by atoms with Crippen molar-refractivity contribution in [3.05, 3.63) is 35.5 Å². The maximum absolute atomic E-state index is 12.2. The number of hydrogen-bond donors (Lipinski definition) is 4. The number of aromatic amines is 1. The summed E-state index contributed by atoms with van der Waals surface area (Å²) in [5.41, 5.74) is 0.849. The van der Waals surface area contributed by atoms with Crippen LogP contribution in [0.3, 0.4) is 0 Å². The Morgan fingerprint density at radius 2 is 2.10 bits per heavy atom. The molecule has 2 aliphatic rings. The van der Waals surface area contributed by atoms with E-state index in [1.165, 1.54) is 18.2 Å². The summed E-state index contributed by atoms with van der Waals surface area (Å²) in [6, 6.07) is 6.39. The van der Waals surface area contributed by atoms with Gasteiger partial charge in [-0.25, -0.2) is 4.79 Å². The fourth-order valence-electron chi connectivity index (χ4n) is 3.62. The fraction of sp³-hybridized carbons (Fsp3) is 0.429. The highest BCUT2D eigenvalue weighted by molar-refractivity contribution is 5.91. The second-order valence-electron chi connectivity index (χ2n) is 7.81. The van der Waals surface area contributed by atoms with E-state index in [-0.39, 0.29) is 47.8 Å². The van der Waals surface area contributed by atoms with Crippen LogP contribution >= 0.6 is 0 Å². The summed E-state index contributed by atoms with van der Waals surface area (Å²) in [7, 11) is 0. The molecule has 2 amide bonds. The number of rotatable bonds is 8. The Labute approximate surface area is 178 Å². The van der Waals surface area contributed by atoms with Crippen LogP contribution in [0.25, 0.3) is 0 Å². The van der Waals surface area contributed by atoms with Gasteiger partial charge in [0.15, 0.2) is 18.7 Å². The van der Waals surface area contributed by atoms with Gasteiger partial charge >= 0.3 is 6.09 Å². The number of carbonyl (C=O) groups is 3. The summed E-state index contributed by atoms with van der Waals surface area (Å²) in [4.78, 5) is 35.0. The molecular weight excluding hydrogens is 404 g/mol. The minimum atomic E-state index is -0.456. The molecule has 164 valence electrons. The van der Waals surface area contributed by atoms with Crippen molar-refractivity contribution in [1.82, 2.24) is 15.5 Å². The zero-order chi connectivity index (χ0) is 21.8. The van der Waals surface area contributed by atoms with Crippen LogP contribution in [0, 0.1) is 0 Å². The molecule has 1 aromatic carbocycles. The molecule has 2 saturated carbocycles. The van der Waals surface area contributed by atoms with E-state index in [2.05, 4.69) is 20.8 Å². The summed E-state index contributed by atoms with van der Waals surface area (Å²) >= 11 is 0. The number of anilines is 1. The van der Waals surface area contributed by atoms with Crippen molar-refractivity contribution in [2.24, 2.45) is 0 Å². The highest BCUT2D eigenvalue weighted by Gasteiger charge is 2.31. The van der Waals surface area contributed by atoms with Crippen LogP contribution in [0.1, 0.15) is 54.1 Å². The van der Waals surface area contributed by atoms with Crippen LogP contribution in [0.2, 0.25) is 0 Å². The lowest BCUT2D eigenvalue weighted by Crippen LogP contribution is -2.29. The Kier molecular flexibility index (Phi) is 6.06. The molecular formula is C21H24N4O6. The number of nitrogens with zero attached hydrogens (tertiary/aromatic N) is 1. The van der Waals surface area contributed by atoms with Crippen molar-refractivity contribution >= 4 is 24.1 Å². The maximum atomic E-state index is 12.2. The number of phenols is 1. The minimum absolute atomic E-state index is 0.0128. The Bertz CT molecular complexity index is 971. The molecule has 4 N–H and O–H groups in total. The van der Waals surface area contributed by atoms with Crippen molar-refractivity contribution < 1.29 is 29.0 Å². The first-order chi connectivity index (χ1) is 15.0. The van der Waals surface area contributed by atoms with Gasteiger partial charge in [-0.3, -0.25) is 14.7 Å². The van der Waals surface area contributed by atoms with Crippen molar-refractivity contribution in [3.63, 3.8) is 0 Å². The number of aromatic hydroxyl groups is 1. The lowest BCUT2D eigenvalue weighted by Gasteiger charge is -2.12. The summed E-state index contributed by atoms with van der Waals surface area (Å²) in [5, 5.41) is 22.1. The standard InChI is InChI=1S/C21H24N4O6/c26-10-15-17(27)2-1-3-18(15)30-11-20(28)23-19-9-16(24-25-19)12-4-7-14(8-12)31-21(29)22-13-5-6-13/h1-3,9-10,12-14,27H,4-8,11H2,(H,22,29)(H2,23,24,25,28)/t12?,14-/m1/s1. The Morgan fingerprint density at radius 3 is 2.87 bits per heavy atom. The number of aromatic nitrogens is 2. The molecule has 0 aliphatic heterocycles. The molecule has 10 nitrogen and oxygen atoms in total. The van der Waals surface area contributed by atoms with Gasteiger partial charge in [0.05, 0.1) is 5.56 Å². The predicted molar refractivity (Wildman–Crippen MR) is 109 cm³/mol. The number of H-pyrrole nitrogens is 1. The number of amides is 2. The van der Waals surface area contributed by atoms with E-state index in [1.807, 2.05) is 0 Å². The quantitative estimate of drug-likeness (QED) is 0.473. The third-order valence-electron chi connectivity index (χ3n) is 5.38. The molecule has 2 fully saturated rings. The normalized spacial score (nSPS) is 20.1.